The molecule has 1 aromatic heterocycles. The number of benzene rings is 2. The molecule has 2 aliphatic heterocycles. The predicted octanol–water partition coefficient (Wildman–Crippen LogP) is 6.86. The summed E-state index contributed by atoms with van der Waals surface area (Å²) < 4.78 is 5.88. The summed E-state index contributed by atoms with van der Waals surface area (Å²) in [7, 11) is 0. The molecule has 3 heterocycles. The smallest absolute Gasteiger partial charge is 0.169 e. The summed E-state index contributed by atoms with van der Waals surface area (Å²) >= 11 is 0. The standard InChI is InChI=1S/C29H41N3O/c1-28(2,3)21-12-14-31(15-13-21)18-20-11-16-32(19-20)24-17-25-26(23-10-8-7-9-22(23)24)27(30-33-25)29(4,5)6/h7-10,17,20-21H,11-16,18-19H2,1-6H3. The van der Waals surface area contributed by atoms with Gasteiger partial charge in [0.15, 0.2) is 5.58 Å². The fourth-order valence-electron chi connectivity index (χ4n) is 6.11. The van der Waals surface area contributed by atoms with Gasteiger partial charge in [-0.2, -0.15) is 0 Å². The van der Waals surface area contributed by atoms with Crippen molar-refractivity contribution in [3.8, 4) is 0 Å². The van der Waals surface area contributed by atoms with Crippen molar-refractivity contribution in [2.24, 2.45) is 17.3 Å². The molecule has 0 amide bonds. The number of likely N-dealkylation sites (tertiary alicyclic amines) is 1. The van der Waals surface area contributed by atoms with Crippen LogP contribution < -0.4 is 4.90 Å². The first kappa shape index (κ1) is 22.7. The van der Waals surface area contributed by atoms with Gasteiger partial charge < -0.3 is 14.3 Å². The Hall–Kier alpha value is -2.07. The number of hydrogen-bond donors (Lipinski definition) is 0. The van der Waals surface area contributed by atoms with Crippen LogP contribution >= 0.6 is 0 Å². The molecule has 3 aromatic rings. The second-order valence-corrected chi connectivity index (χ2v) is 12.6. The van der Waals surface area contributed by atoms with Crippen LogP contribution in [0.4, 0.5) is 5.69 Å². The fourth-order valence-corrected chi connectivity index (χ4v) is 6.11. The Kier molecular flexibility index (Phi) is 5.71. The predicted molar refractivity (Wildman–Crippen MR) is 139 cm³/mol. The fraction of sp³-hybridized carbons (Fsp3) is 0.621. The molecule has 0 spiro atoms. The van der Waals surface area contributed by atoms with Gasteiger partial charge in [0.25, 0.3) is 0 Å². The second-order valence-electron chi connectivity index (χ2n) is 12.6. The van der Waals surface area contributed by atoms with E-state index in [4.69, 9.17) is 4.52 Å². The van der Waals surface area contributed by atoms with Crippen LogP contribution in [-0.2, 0) is 5.41 Å². The lowest BCUT2D eigenvalue weighted by Gasteiger charge is -2.39. The zero-order chi connectivity index (χ0) is 23.4. The van der Waals surface area contributed by atoms with Crippen molar-refractivity contribution < 1.29 is 4.52 Å². The van der Waals surface area contributed by atoms with Gasteiger partial charge in [-0.1, -0.05) is 71.0 Å². The molecule has 0 bridgehead atoms. The Morgan fingerprint density at radius 1 is 0.939 bits per heavy atom. The highest BCUT2D eigenvalue weighted by molar-refractivity contribution is 6.12. The highest BCUT2D eigenvalue weighted by Gasteiger charge is 2.32. The van der Waals surface area contributed by atoms with Crippen molar-refractivity contribution in [2.45, 2.75) is 66.2 Å². The Balaban J connectivity index is 1.35. The average molecular weight is 448 g/mol. The third kappa shape index (κ3) is 4.39. The first-order valence-electron chi connectivity index (χ1n) is 12.9. The van der Waals surface area contributed by atoms with Gasteiger partial charge in [-0.05, 0) is 55.0 Å². The minimum absolute atomic E-state index is 0.0469. The number of fused-ring (bicyclic) bond motifs is 3. The molecular weight excluding hydrogens is 406 g/mol. The molecular formula is C29H41N3O. The second kappa shape index (κ2) is 8.30. The zero-order valence-corrected chi connectivity index (χ0v) is 21.4. The molecule has 0 radical (unpaired) electrons. The molecule has 2 aliphatic rings. The Morgan fingerprint density at radius 3 is 2.30 bits per heavy atom. The molecule has 0 aliphatic carbocycles. The normalized spacial score (nSPS) is 21.5. The van der Waals surface area contributed by atoms with Gasteiger partial charge in [0, 0.05) is 42.2 Å². The highest BCUT2D eigenvalue weighted by Crippen LogP contribution is 2.41. The molecule has 33 heavy (non-hydrogen) atoms. The summed E-state index contributed by atoms with van der Waals surface area (Å²) in [6.07, 6.45) is 3.97. The number of aromatic nitrogens is 1. The van der Waals surface area contributed by atoms with Crippen LogP contribution in [0.2, 0.25) is 0 Å². The molecule has 5 rings (SSSR count). The van der Waals surface area contributed by atoms with E-state index < -0.39 is 0 Å². The molecule has 0 saturated carbocycles. The van der Waals surface area contributed by atoms with Crippen LogP contribution in [0.25, 0.3) is 21.7 Å². The van der Waals surface area contributed by atoms with Crippen LogP contribution in [0.15, 0.2) is 34.9 Å². The van der Waals surface area contributed by atoms with Crippen molar-refractivity contribution >= 4 is 27.4 Å². The number of piperidine rings is 1. The van der Waals surface area contributed by atoms with Gasteiger partial charge in [0.05, 0.1) is 11.1 Å². The molecule has 178 valence electrons. The molecule has 2 fully saturated rings. The van der Waals surface area contributed by atoms with Gasteiger partial charge >= 0.3 is 0 Å². The summed E-state index contributed by atoms with van der Waals surface area (Å²) in [5, 5.41) is 8.27. The first-order valence-corrected chi connectivity index (χ1v) is 12.9. The topological polar surface area (TPSA) is 32.5 Å². The first-order chi connectivity index (χ1) is 15.6. The number of hydrogen-bond acceptors (Lipinski definition) is 4. The van der Waals surface area contributed by atoms with Crippen molar-refractivity contribution in [3.63, 3.8) is 0 Å². The summed E-state index contributed by atoms with van der Waals surface area (Å²) in [5.74, 6) is 1.61. The van der Waals surface area contributed by atoms with E-state index in [9.17, 15) is 0 Å². The van der Waals surface area contributed by atoms with Crippen molar-refractivity contribution in [2.75, 3.05) is 37.6 Å². The number of nitrogens with zero attached hydrogens (tertiary/aromatic N) is 3. The van der Waals surface area contributed by atoms with Gasteiger partial charge in [0.1, 0.15) is 0 Å². The van der Waals surface area contributed by atoms with Gasteiger partial charge in [-0.25, -0.2) is 0 Å². The lowest BCUT2D eigenvalue weighted by Crippen LogP contribution is -2.40. The molecule has 4 nitrogen and oxygen atoms in total. The molecule has 2 saturated heterocycles. The maximum atomic E-state index is 5.88. The van der Waals surface area contributed by atoms with Crippen LogP contribution in [0, 0.1) is 17.3 Å². The summed E-state index contributed by atoms with van der Waals surface area (Å²) in [5.41, 5.74) is 3.68. The van der Waals surface area contributed by atoms with E-state index in [1.54, 1.807) is 0 Å². The van der Waals surface area contributed by atoms with Gasteiger partial charge in [0.2, 0.25) is 0 Å². The van der Waals surface area contributed by atoms with Crippen LogP contribution in [0.1, 0.15) is 66.5 Å². The third-order valence-corrected chi connectivity index (χ3v) is 8.12. The zero-order valence-electron chi connectivity index (χ0n) is 21.4. The largest absolute Gasteiger partial charge is 0.371 e. The van der Waals surface area contributed by atoms with E-state index in [-0.39, 0.29) is 5.41 Å². The van der Waals surface area contributed by atoms with E-state index in [1.807, 2.05) is 0 Å². The maximum Gasteiger partial charge on any atom is 0.169 e. The highest BCUT2D eigenvalue weighted by atomic mass is 16.5. The lowest BCUT2D eigenvalue weighted by atomic mass is 9.75. The van der Waals surface area contributed by atoms with E-state index >= 15 is 0 Å². The molecule has 2 aromatic carbocycles. The summed E-state index contributed by atoms with van der Waals surface area (Å²) in [4.78, 5) is 5.32. The Bertz CT molecular complexity index is 1130. The summed E-state index contributed by atoms with van der Waals surface area (Å²) in [6, 6.07) is 11.1. The van der Waals surface area contributed by atoms with Crippen LogP contribution in [0.3, 0.4) is 0 Å². The quantitative estimate of drug-likeness (QED) is 0.439. The number of rotatable bonds is 3. The summed E-state index contributed by atoms with van der Waals surface area (Å²) in [6.45, 7) is 19.9. The van der Waals surface area contributed by atoms with Crippen molar-refractivity contribution in [1.29, 1.82) is 0 Å². The molecule has 4 heteroatoms. The van der Waals surface area contributed by atoms with E-state index in [0.717, 1.165) is 36.2 Å². The molecule has 0 N–H and O–H groups in total. The van der Waals surface area contributed by atoms with E-state index in [2.05, 4.69) is 86.8 Å². The molecule has 1 unspecified atom stereocenters. The van der Waals surface area contributed by atoms with Gasteiger partial charge in [-0.15, -0.1) is 0 Å². The Morgan fingerprint density at radius 2 is 1.64 bits per heavy atom. The lowest BCUT2D eigenvalue weighted by molar-refractivity contribution is 0.103. The average Bonchev–Trinajstić information content (AvgIpc) is 3.40. The monoisotopic (exact) mass is 447 g/mol. The van der Waals surface area contributed by atoms with E-state index in [1.165, 1.54) is 60.7 Å². The Labute approximate surface area is 199 Å². The van der Waals surface area contributed by atoms with E-state index in [0.29, 0.717) is 5.41 Å². The SMILES string of the molecule is CC(C)(C)c1noc2cc(N3CCC(CN4CCC(C(C)(C)C)CC4)C3)c3ccccc3c12. The van der Waals surface area contributed by atoms with Crippen LogP contribution in [0.5, 0.6) is 0 Å². The minimum atomic E-state index is -0.0469. The van der Waals surface area contributed by atoms with Crippen molar-refractivity contribution in [1.82, 2.24) is 10.1 Å². The minimum Gasteiger partial charge on any atom is -0.371 e. The third-order valence-electron chi connectivity index (χ3n) is 8.12. The molecule has 1 atom stereocenters. The maximum absolute atomic E-state index is 5.88. The van der Waals surface area contributed by atoms with Crippen molar-refractivity contribution in [3.05, 3.63) is 36.0 Å². The van der Waals surface area contributed by atoms with Gasteiger partial charge in [-0.3, -0.25) is 0 Å². The number of anilines is 1. The van der Waals surface area contributed by atoms with Crippen LogP contribution in [-0.4, -0.2) is 42.8 Å².